The summed E-state index contributed by atoms with van der Waals surface area (Å²) >= 11 is 0. The summed E-state index contributed by atoms with van der Waals surface area (Å²) in [4.78, 5) is 13.1. The van der Waals surface area contributed by atoms with Crippen molar-refractivity contribution in [2.24, 2.45) is 52.0 Å². The minimum absolute atomic E-state index is 0.0132. The number of ketones is 1. The molecule has 1 aliphatic rings. The van der Waals surface area contributed by atoms with E-state index in [0.29, 0.717) is 23.2 Å². The van der Waals surface area contributed by atoms with Crippen molar-refractivity contribution in [3.05, 3.63) is 35.4 Å². The van der Waals surface area contributed by atoms with Crippen LogP contribution in [0.5, 0.6) is 0 Å². The number of hydrazine groups is 1. The quantitative estimate of drug-likeness (QED) is 0.0756. The van der Waals surface area contributed by atoms with E-state index in [1.165, 1.54) is 51.0 Å². The molecule has 7 heteroatoms. The van der Waals surface area contributed by atoms with Crippen molar-refractivity contribution in [1.82, 2.24) is 5.01 Å². The van der Waals surface area contributed by atoms with Crippen molar-refractivity contribution >= 4 is 5.78 Å². The molecule has 0 aromatic heterocycles. The summed E-state index contributed by atoms with van der Waals surface area (Å²) < 4.78 is 20.2. The third-order valence-corrected chi connectivity index (χ3v) is 10.3. The number of aliphatic hydroxyl groups excluding tert-OH is 1. The molecule has 44 heavy (non-hydrogen) atoms. The minimum atomic E-state index is -0.532. The third-order valence-electron chi connectivity index (χ3n) is 10.3. The van der Waals surface area contributed by atoms with E-state index in [0.717, 1.165) is 43.9 Å². The molecule has 5 N–H and O–H groups in total. The zero-order chi connectivity index (χ0) is 34.1. The van der Waals surface area contributed by atoms with Crippen molar-refractivity contribution in [2.45, 2.75) is 127 Å². The molecule has 258 valence electrons. The summed E-state index contributed by atoms with van der Waals surface area (Å²) in [6.07, 6.45) is 16.5. The van der Waals surface area contributed by atoms with Crippen molar-refractivity contribution in [3.63, 3.8) is 0 Å². The molecule has 0 radical (unpaired) electrons. The van der Waals surface area contributed by atoms with Gasteiger partial charge in [0.15, 0.2) is 5.78 Å². The lowest BCUT2D eigenvalue weighted by Crippen LogP contribution is -2.39. The number of Topliss-reactive ketones (excluding diaryl/α,β-unsaturated/α-hetero) is 1. The van der Waals surface area contributed by atoms with Crippen LogP contribution in [0.15, 0.2) is 35.4 Å². The fraction of sp³-hybridized carbons (Fsp3) is 0.811. The van der Waals surface area contributed by atoms with Gasteiger partial charge in [0.1, 0.15) is 11.5 Å². The Hall–Kier alpha value is -1.70. The van der Waals surface area contributed by atoms with E-state index in [-0.39, 0.29) is 35.1 Å². The number of allylic oxidation sites excluding steroid dienone is 4. The van der Waals surface area contributed by atoms with E-state index in [2.05, 4.69) is 41.5 Å². The lowest BCUT2D eigenvalue weighted by atomic mass is 9.60. The summed E-state index contributed by atoms with van der Waals surface area (Å²) in [5, 5.41) is 8.16. The van der Waals surface area contributed by atoms with Crippen LogP contribution >= 0.6 is 0 Å². The predicted molar refractivity (Wildman–Crippen MR) is 185 cm³/mol. The van der Waals surface area contributed by atoms with Gasteiger partial charge in [0.2, 0.25) is 0 Å². The summed E-state index contributed by atoms with van der Waals surface area (Å²) in [5.41, 5.74) is 6.84. The highest BCUT2D eigenvalue weighted by Gasteiger charge is 2.39. The SMILES string of the molecule is CO.C\C=C/C(N)=C(\C(F)=C/C)N(N)CC(=O)C(C)CCCC1C(CCC(C)C(C)(CCC(C)C)COC)CCCC1(C)C. The summed E-state index contributed by atoms with van der Waals surface area (Å²) in [5.74, 6) is 8.21. The molecule has 1 saturated carbocycles. The molecule has 0 heterocycles. The fourth-order valence-corrected chi connectivity index (χ4v) is 7.08. The molecule has 1 aliphatic carbocycles. The molecule has 0 aromatic carbocycles. The van der Waals surface area contributed by atoms with Gasteiger partial charge >= 0.3 is 0 Å². The van der Waals surface area contributed by atoms with Gasteiger partial charge < -0.3 is 15.6 Å². The fourth-order valence-electron chi connectivity index (χ4n) is 7.08. The van der Waals surface area contributed by atoms with Gasteiger partial charge in [0.05, 0.1) is 18.8 Å². The van der Waals surface area contributed by atoms with E-state index in [9.17, 15) is 9.18 Å². The number of rotatable bonds is 19. The van der Waals surface area contributed by atoms with Gasteiger partial charge in [-0.25, -0.2) is 10.2 Å². The number of hydrogen-bond acceptors (Lipinski definition) is 6. The number of methoxy groups -OCH3 is 1. The molecule has 0 spiro atoms. The predicted octanol–water partition coefficient (Wildman–Crippen LogP) is 8.71. The maximum Gasteiger partial charge on any atom is 0.156 e. The van der Waals surface area contributed by atoms with E-state index >= 15 is 0 Å². The van der Waals surface area contributed by atoms with Crippen molar-refractivity contribution in [2.75, 3.05) is 27.4 Å². The van der Waals surface area contributed by atoms with E-state index in [1.54, 1.807) is 26.0 Å². The highest BCUT2D eigenvalue weighted by molar-refractivity contribution is 5.82. The van der Waals surface area contributed by atoms with Crippen LogP contribution in [0, 0.1) is 40.4 Å². The molecular weight excluding hydrogens is 553 g/mol. The van der Waals surface area contributed by atoms with Crippen LogP contribution in [0.3, 0.4) is 0 Å². The lowest BCUT2D eigenvalue weighted by molar-refractivity contribution is -0.123. The minimum Gasteiger partial charge on any atom is -0.400 e. The van der Waals surface area contributed by atoms with Crippen molar-refractivity contribution in [1.29, 1.82) is 0 Å². The maximum atomic E-state index is 14.5. The first kappa shape index (κ1) is 42.3. The van der Waals surface area contributed by atoms with E-state index in [1.807, 2.05) is 14.0 Å². The Kier molecular flexibility index (Phi) is 20.3. The number of nitrogens with zero attached hydrogens (tertiary/aromatic N) is 1. The first-order valence-corrected chi connectivity index (χ1v) is 17.1. The second kappa shape index (κ2) is 21.2. The van der Waals surface area contributed by atoms with Crippen LogP contribution < -0.4 is 11.6 Å². The average Bonchev–Trinajstić information content (AvgIpc) is 2.96. The Labute approximate surface area is 270 Å². The first-order chi connectivity index (χ1) is 20.6. The molecule has 0 saturated heterocycles. The second-order valence-electron chi connectivity index (χ2n) is 14.6. The number of aliphatic hydroxyl groups is 1. The molecule has 0 bridgehead atoms. The van der Waals surface area contributed by atoms with Gasteiger partial charge in [-0.15, -0.1) is 0 Å². The smallest absolute Gasteiger partial charge is 0.156 e. The normalized spacial score (nSPS) is 22.1. The lowest BCUT2D eigenvalue weighted by Gasteiger charge is -2.45. The summed E-state index contributed by atoms with van der Waals surface area (Å²) in [6, 6.07) is 0. The number of nitrogens with two attached hydrogens (primary N) is 2. The molecule has 5 atom stereocenters. The number of halogens is 1. The van der Waals surface area contributed by atoms with Crippen LogP contribution in [0.4, 0.5) is 4.39 Å². The number of hydrogen-bond donors (Lipinski definition) is 3. The molecular formula is C37H70FN3O3. The van der Waals surface area contributed by atoms with Crippen LogP contribution in [-0.2, 0) is 9.53 Å². The van der Waals surface area contributed by atoms with Crippen LogP contribution in [-0.4, -0.2) is 43.3 Å². The zero-order valence-electron chi connectivity index (χ0n) is 30.3. The number of carbonyl (C=O) groups is 1. The van der Waals surface area contributed by atoms with Gasteiger partial charge in [0, 0.05) is 20.1 Å². The first-order valence-electron chi connectivity index (χ1n) is 17.1. The van der Waals surface area contributed by atoms with Gasteiger partial charge in [-0.2, -0.15) is 0 Å². The summed E-state index contributed by atoms with van der Waals surface area (Å²) in [7, 11) is 2.84. The molecule has 1 rings (SSSR count). The van der Waals surface area contributed by atoms with Crippen LogP contribution in [0.25, 0.3) is 0 Å². The molecule has 0 amide bonds. The van der Waals surface area contributed by atoms with Gasteiger partial charge in [-0.1, -0.05) is 80.2 Å². The molecule has 1 fully saturated rings. The Morgan fingerprint density at radius 1 is 1.14 bits per heavy atom. The standard InChI is InChI=1S/C36H66FN3O2.CH4O/c1-11-15-32(38)34(31(37)12-2)40(39)24-33(41)27(5)16-13-18-30-29(17-14-22-35(30,7)8)20-19-28(6)36(9,25-42-10)23-21-26(3)4;1-2/h11-12,15,26-30H,13-14,16-25,38-39H2,1-10H3;2H,1H3/b15-11-,31-12+,34-32-;. The van der Waals surface area contributed by atoms with Crippen LogP contribution in [0.1, 0.15) is 127 Å². The molecule has 6 nitrogen and oxygen atoms in total. The molecule has 0 aromatic rings. The third kappa shape index (κ3) is 13.7. The number of ether oxygens (including phenoxy) is 1. The van der Waals surface area contributed by atoms with E-state index < -0.39 is 5.83 Å². The average molecular weight is 624 g/mol. The van der Waals surface area contributed by atoms with Crippen LogP contribution in [0.2, 0.25) is 0 Å². The monoisotopic (exact) mass is 624 g/mol. The summed E-state index contributed by atoms with van der Waals surface area (Å²) in [6.45, 7) is 20.5. The zero-order valence-corrected chi connectivity index (χ0v) is 30.3. The Morgan fingerprint density at radius 2 is 1.77 bits per heavy atom. The Bertz CT molecular complexity index is 914. The highest BCUT2D eigenvalue weighted by Crippen LogP contribution is 2.49. The Balaban J connectivity index is 0.00000904. The van der Waals surface area contributed by atoms with Crippen molar-refractivity contribution < 1.29 is 19.0 Å². The molecule has 5 unspecified atom stereocenters. The molecule has 0 aliphatic heterocycles. The maximum absolute atomic E-state index is 14.5. The van der Waals surface area contributed by atoms with E-state index in [4.69, 9.17) is 21.4 Å². The highest BCUT2D eigenvalue weighted by atomic mass is 19.1. The van der Waals surface area contributed by atoms with Gasteiger partial charge in [-0.3, -0.25) is 9.80 Å². The number of carbonyl (C=O) groups excluding carboxylic acids is 1. The Morgan fingerprint density at radius 3 is 2.32 bits per heavy atom. The largest absolute Gasteiger partial charge is 0.400 e. The second-order valence-corrected chi connectivity index (χ2v) is 14.6. The topological polar surface area (TPSA) is 102 Å². The van der Waals surface area contributed by atoms with Crippen molar-refractivity contribution in [3.8, 4) is 0 Å². The van der Waals surface area contributed by atoms with Gasteiger partial charge in [0.25, 0.3) is 0 Å². The van der Waals surface area contributed by atoms with Gasteiger partial charge in [-0.05, 0) is 99.0 Å².